The quantitative estimate of drug-likeness (QED) is 0.919. The number of imidazole rings is 1. The van der Waals surface area contributed by atoms with Crippen LogP contribution in [-0.4, -0.2) is 57.6 Å². The van der Waals surface area contributed by atoms with Gasteiger partial charge in [0.15, 0.2) is 0 Å². The van der Waals surface area contributed by atoms with Crippen LogP contribution in [0.25, 0.3) is 0 Å². The fourth-order valence-electron chi connectivity index (χ4n) is 3.15. The van der Waals surface area contributed by atoms with Gasteiger partial charge in [-0.2, -0.15) is 8.78 Å². The number of urea groups is 1. The third-order valence-electron chi connectivity index (χ3n) is 4.44. The molecule has 2 heterocycles. The summed E-state index contributed by atoms with van der Waals surface area (Å²) in [6, 6.07) is 0.484. The van der Waals surface area contributed by atoms with Gasteiger partial charge in [-0.25, -0.2) is 9.78 Å². The van der Waals surface area contributed by atoms with Crippen molar-refractivity contribution in [2.75, 3.05) is 26.2 Å². The number of hydrogen-bond donors (Lipinski definition) is 1. The van der Waals surface area contributed by atoms with E-state index in [-0.39, 0.29) is 18.4 Å². The number of rotatable bonds is 4. The number of carbonyl (C=O) groups is 1. The van der Waals surface area contributed by atoms with E-state index in [9.17, 15) is 13.6 Å². The highest BCUT2D eigenvalue weighted by atomic mass is 19.3. The maximum Gasteiger partial charge on any atom is 0.319 e. The highest BCUT2D eigenvalue weighted by Crippen LogP contribution is 2.28. The Bertz CT molecular complexity index is 546. The topological polar surface area (TPSA) is 53.4 Å². The van der Waals surface area contributed by atoms with E-state index in [1.165, 1.54) is 25.2 Å². The number of alkyl halides is 2. The van der Waals surface area contributed by atoms with Crippen LogP contribution in [0.15, 0.2) is 12.4 Å². The average molecular weight is 327 g/mol. The number of amides is 2. The third kappa shape index (κ3) is 3.99. The van der Waals surface area contributed by atoms with E-state index >= 15 is 0 Å². The van der Waals surface area contributed by atoms with E-state index in [1.54, 1.807) is 4.90 Å². The molecular formula is C15H23F2N5O. The lowest BCUT2D eigenvalue weighted by atomic mass is 10.1. The van der Waals surface area contributed by atoms with Crippen molar-refractivity contribution in [3.63, 3.8) is 0 Å². The molecule has 2 fully saturated rings. The molecule has 8 heteroatoms. The molecule has 6 nitrogen and oxygen atoms in total. The molecule has 128 valence electrons. The molecule has 2 amide bonds. The Morgan fingerprint density at radius 2 is 2.17 bits per heavy atom. The van der Waals surface area contributed by atoms with Gasteiger partial charge in [0.2, 0.25) is 0 Å². The molecule has 1 aliphatic heterocycles. The van der Waals surface area contributed by atoms with Crippen LogP contribution in [0.1, 0.15) is 32.1 Å². The van der Waals surface area contributed by atoms with E-state index in [4.69, 9.17) is 0 Å². The Kier molecular flexibility index (Phi) is 4.79. The van der Waals surface area contributed by atoms with Crippen LogP contribution in [0.2, 0.25) is 0 Å². The summed E-state index contributed by atoms with van der Waals surface area (Å²) in [5.41, 5.74) is 0. The van der Waals surface area contributed by atoms with E-state index in [1.807, 2.05) is 0 Å². The molecular weight excluding hydrogens is 304 g/mol. The van der Waals surface area contributed by atoms with Crippen LogP contribution in [0, 0.1) is 5.92 Å². The summed E-state index contributed by atoms with van der Waals surface area (Å²) in [5.74, 6) is 0.572. The second kappa shape index (κ2) is 6.82. The van der Waals surface area contributed by atoms with Crippen molar-refractivity contribution < 1.29 is 13.6 Å². The number of nitrogens with zero attached hydrogens (tertiary/aromatic N) is 4. The first-order chi connectivity index (χ1) is 11.0. The first kappa shape index (κ1) is 16.2. The summed E-state index contributed by atoms with van der Waals surface area (Å²) >= 11 is 0. The molecule has 1 aromatic rings. The molecule has 0 aromatic carbocycles. The normalized spacial score (nSPS) is 23.1. The molecule has 0 spiro atoms. The highest BCUT2D eigenvalue weighted by molar-refractivity contribution is 5.74. The summed E-state index contributed by atoms with van der Waals surface area (Å²) in [7, 11) is 0. The van der Waals surface area contributed by atoms with Crippen LogP contribution in [0.3, 0.4) is 0 Å². The molecule has 0 bridgehead atoms. The van der Waals surface area contributed by atoms with Gasteiger partial charge in [0.05, 0.1) is 6.54 Å². The number of halogens is 2. The lowest BCUT2D eigenvalue weighted by molar-refractivity contribution is 0.0666. The Morgan fingerprint density at radius 1 is 1.39 bits per heavy atom. The Labute approximate surface area is 134 Å². The number of nitrogens with one attached hydrogen (secondary N) is 1. The van der Waals surface area contributed by atoms with Crippen molar-refractivity contribution in [3.8, 4) is 0 Å². The number of carbonyl (C=O) groups excluding carboxylic acids is 1. The smallest absolute Gasteiger partial charge is 0.319 e. The lowest BCUT2D eigenvalue weighted by Gasteiger charge is -2.22. The van der Waals surface area contributed by atoms with Gasteiger partial charge < -0.3 is 10.2 Å². The minimum absolute atomic E-state index is 0.00733. The average Bonchev–Trinajstić information content (AvgIpc) is 3.27. The van der Waals surface area contributed by atoms with Gasteiger partial charge in [-0.3, -0.25) is 9.47 Å². The minimum atomic E-state index is -2.64. The van der Waals surface area contributed by atoms with Gasteiger partial charge in [0.25, 0.3) is 0 Å². The number of aromatic nitrogens is 2. The molecule has 1 N–H and O–H groups in total. The predicted molar refractivity (Wildman–Crippen MR) is 81.0 cm³/mol. The van der Waals surface area contributed by atoms with Crippen molar-refractivity contribution in [1.82, 2.24) is 24.7 Å². The highest BCUT2D eigenvalue weighted by Gasteiger charge is 2.32. The molecule has 1 aromatic heterocycles. The van der Waals surface area contributed by atoms with Crippen molar-refractivity contribution in [2.24, 2.45) is 5.92 Å². The molecule has 1 aliphatic carbocycles. The summed E-state index contributed by atoms with van der Waals surface area (Å²) in [6.07, 6.45) is 5.05. The van der Waals surface area contributed by atoms with Crippen molar-refractivity contribution >= 4 is 6.03 Å². The summed E-state index contributed by atoms with van der Waals surface area (Å²) in [5, 5.41) is 2.71. The van der Waals surface area contributed by atoms with Gasteiger partial charge in [0, 0.05) is 44.6 Å². The summed E-state index contributed by atoms with van der Waals surface area (Å²) in [6.45, 7) is 2.78. The molecule has 1 unspecified atom stereocenters. The third-order valence-corrected chi connectivity index (χ3v) is 4.44. The van der Waals surface area contributed by atoms with Crippen LogP contribution in [-0.2, 0) is 6.54 Å². The Hall–Kier alpha value is -1.70. The zero-order chi connectivity index (χ0) is 16.4. The van der Waals surface area contributed by atoms with E-state index in [0.717, 1.165) is 17.7 Å². The molecule has 1 atom stereocenters. The van der Waals surface area contributed by atoms with E-state index < -0.39 is 6.55 Å². The van der Waals surface area contributed by atoms with Gasteiger partial charge in [-0.15, -0.1) is 0 Å². The second-order valence-electron chi connectivity index (χ2n) is 6.46. The first-order valence-corrected chi connectivity index (χ1v) is 8.11. The maximum absolute atomic E-state index is 12.8. The Morgan fingerprint density at radius 3 is 2.87 bits per heavy atom. The molecule has 1 saturated carbocycles. The van der Waals surface area contributed by atoms with E-state index in [0.29, 0.717) is 25.0 Å². The van der Waals surface area contributed by atoms with Crippen LogP contribution in [0.4, 0.5) is 13.6 Å². The largest absolute Gasteiger partial charge is 0.331 e. The fraction of sp³-hybridized carbons (Fsp3) is 0.733. The second-order valence-corrected chi connectivity index (χ2v) is 6.46. The SMILES string of the molecule is CC1CN(C(=O)NCc2nccn2C(F)F)CCN(C2CC2)C1. The van der Waals surface area contributed by atoms with Crippen LogP contribution >= 0.6 is 0 Å². The fourth-order valence-corrected chi connectivity index (χ4v) is 3.15. The maximum atomic E-state index is 12.8. The Balaban J connectivity index is 1.54. The van der Waals surface area contributed by atoms with Crippen LogP contribution < -0.4 is 5.32 Å². The molecule has 0 radical (unpaired) electrons. The van der Waals surface area contributed by atoms with E-state index in [2.05, 4.69) is 22.1 Å². The zero-order valence-corrected chi connectivity index (χ0v) is 13.3. The lowest BCUT2D eigenvalue weighted by Crippen LogP contribution is -2.43. The molecule has 1 saturated heterocycles. The van der Waals surface area contributed by atoms with Gasteiger partial charge >= 0.3 is 12.6 Å². The molecule has 3 rings (SSSR count). The van der Waals surface area contributed by atoms with Gasteiger partial charge in [0.1, 0.15) is 5.82 Å². The molecule has 23 heavy (non-hydrogen) atoms. The first-order valence-electron chi connectivity index (χ1n) is 8.11. The molecule has 2 aliphatic rings. The minimum Gasteiger partial charge on any atom is -0.331 e. The van der Waals surface area contributed by atoms with Crippen LogP contribution in [0.5, 0.6) is 0 Å². The van der Waals surface area contributed by atoms with Gasteiger partial charge in [-0.05, 0) is 18.8 Å². The van der Waals surface area contributed by atoms with Gasteiger partial charge in [-0.1, -0.05) is 6.92 Å². The summed E-state index contributed by atoms with van der Waals surface area (Å²) in [4.78, 5) is 20.4. The van der Waals surface area contributed by atoms with Crippen molar-refractivity contribution in [1.29, 1.82) is 0 Å². The monoisotopic (exact) mass is 327 g/mol. The summed E-state index contributed by atoms with van der Waals surface area (Å²) < 4.78 is 26.3. The standard InChI is InChI=1S/C15H23F2N5O/c1-11-9-20(12-2-3-12)6-7-21(10-11)15(23)19-8-13-18-4-5-22(13)14(16)17/h4-5,11-12,14H,2-3,6-10H2,1H3,(H,19,23). The number of hydrogen-bond acceptors (Lipinski definition) is 3. The van der Waals surface area contributed by atoms with Crippen molar-refractivity contribution in [2.45, 2.75) is 38.9 Å². The predicted octanol–water partition coefficient (Wildman–Crippen LogP) is 1.90. The zero-order valence-electron chi connectivity index (χ0n) is 13.3. The van der Waals surface area contributed by atoms with Crippen molar-refractivity contribution in [3.05, 3.63) is 18.2 Å².